The Hall–Kier alpha value is -1.49. The third-order valence-corrected chi connectivity index (χ3v) is 3.92. The molecule has 0 amide bonds. The predicted octanol–water partition coefficient (Wildman–Crippen LogP) is 4.30. The van der Waals surface area contributed by atoms with Crippen LogP contribution < -0.4 is 5.32 Å². The quantitative estimate of drug-likeness (QED) is 0.874. The van der Waals surface area contributed by atoms with Crippen molar-refractivity contribution in [1.29, 1.82) is 0 Å². The number of nitrogens with one attached hydrogen (secondary N) is 1. The second-order valence-electron chi connectivity index (χ2n) is 5.08. The van der Waals surface area contributed by atoms with Crippen LogP contribution in [0.25, 0.3) is 11.4 Å². The van der Waals surface area contributed by atoms with E-state index in [-0.39, 0.29) is 0 Å². The van der Waals surface area contributed by atoms with E-state index < -0.39 is 0 Å². The lowest BCUT2D eigenvalue weighted by Crippen LogP contribution is -2.06. The van der Waals surface area contributed by atoms with Gasteiger partial charge in [0.05, 0.1) is 10.2 Å². The maximum atomic E-state index is 4.73. The van der Waals surface area contributed by atoms with Crippen LogP contribution in [0.4, 0.5) is 5.82 Å². The molecule has 5 heteroatoms. The highest BCUT2D eigenvalue weighted by molar-refractivity contribution is 9.10. The molecule has 0 unspecified atom stereocenters. The summed E-state index contributed by atoms with van der Waals surface area (Å²) in [7, 11) is 0. The van der Waals surface area contributed by atoms with E-state index >= 15 is 0 Å². The smallest absolute Gasteiger partial charge is 0.161 e. The van der Waals surface area contributed by atoms with Gasteiger partial charge in [0.15, 0.2) is 5.82 Å². The van der Waals surface area contributed by atoms with E-state index in [1.165, 1.54) is 0 Å². The Labute approximate surface area is 134 Å². The van der Waals surface area contributed by atoms with E-state index in [4.69, 9.17) is 4.98 Å². The molecule has 2 aromatic heterocycles. The van der Waals surface area contributed by atoms with Crippen molar-refractivity contribution in [3.8, 4) is 11.4 Å². The highest BCUT2D eigenvalue weighted by Crippen LogP contribution is 2.28. The van der Waals surface area contributed by atoms with Crippen molar-refractivity contribution in [3.63, 3.8) is 0 Å². The van der Waals surface area contributed by atoms with Gasteiger partial charge >= 0.3 is 0 Å². The molecule has 2 rings (SSSR count). The molecule has 0 aliphatic carbocycles. The number of nitrogens with zero attached hydrogens (tertiary/aromatic N) is 3. The van der Waals surface area contributed by atoms with Gasteiger partial charge < -0.3 is 5.32 Å². The fraction of sp³-hybridized carbons (Fsp3) is 0.438. The predicted molar refractivity (Wildman–Crippen MR) is 90.6 cm³/mol. The van der Waals surface area contributed by atoms with Crippen LogP contribution in [0.1, 0.15) is 37.4 Å². The molecule has 0 aliphatic rings. The van der Waals surface area contributed by atoms with Crippen LogP contribution >= 0.6 is 15.9 Å². The normalized spacial score (nSPS) is 10.7. The van der Waals surface area contributed by atoms with Gasteiger partial charge in [0, 0.05) is 23.5 Å². The molecule has 0 saturated heterocycles. The summed E-state index contributed by atoms with van der Waals surface area (Å²) in [4.78, 5) is 13.8. The fourth-order valence-corrected chi connectivity index (χ4v) is 2.79. The molecule has 21 heavy (non-hydrogen) atoms. The maximum absolute atomic E-state index is 4.73. The molecule has 112 valence electrons. The second kappa shape index (κ2) is 6.98. The van der Waals surface area contributed by atoms with Crippen LogP contribution in [0.3, 0.4) is 0 Å². The number of pyridine rings is 1. The highest BCUT2D eigenvalue weighted by Gasteiger charge is 2.13. The average Bonchev–Trinajstić information content (AvgIpc) is 2.42. The number of aryl methyl sites for hydroxylation is 3. The Balaban J connectivity index is 2.56. The largest absolute Gasteiger partial charge is 0.369 e. The van der Waals surface area contributed by atoms with Crippen molar-refractivity contribution in [1.82, 2.24) is 15.0 Å². The summed E-state index contributed by atoms with van der Waals surface area (Å²) in [5, 5.41) is 3.30. The van der Waals surface area contributed by atoms with Crippen LogP contribution in [0.2, 0.25) is 0 Å². The zero-order chi connectivity index (χ0) is 15.4. The van der Waals surface area contributed by atoms with Gasteiger partial charge in [0.25, 0.3) is 0 Å². The molecule has 0 atom stereocenters. The fourth-order valence-electron chi connectivity index (χ4n) is 2.27. The van der Waals surface area contributed by atoms with E-state index in [1.54, 1.807) is 0 Å². The van der Waals surface area contributed by atoms with Gasteiger partial charge in [-0.2, -0.15) is 0 Å². The lowest BCUT2D eigenvalue weighted by molar-refractivity contribution is 0.867. The Morgan fingerprint density at radius 1 is 1.05 bits per heavy atom. The van der Waals surface area contributed by atoms with Gasteiger partial charge in [-0.3, -0.25) is 4.98 Å². The molecule has 0 bridgehead atoms. The van der Waals surface area contributed by atoms with Gasteiger partial charge in [-0.15, -0.1) is 0 Å². The summed E-state index contributed by atoms with van der Waals surface area (Å²) >= 11 is 3.62. The van der Waals surface area contributed by atoms with Crippen LogP contribution in [-0.2, 0) is 6.42 Å². The van der Waals surface area contributed by atoms with Crippen LogP contribution in [0.15, 0.2) is 16.6 Å². The number of hydrogen-bond donors (Lipinski definition) is 1. The topological polar surface area (TPSA) is 50.7 Å². The molecule has 0 aliphatic heterocycles. The minimum Gasteiger partial charge on any atom is -0.369 e. The molecule has 0 spiro atoms. The summed E-state index contributed by atoms with van der Waals surface area (Å²) in [5.41, 5.74) is 4.03. The van der Waals surface area contributed by atoms with Gasteiger partial charge in [0.1, 0.15) is 5.82 Å². The van der Waals surface area contributed by atoms with Crippen molar-refractivity contribution < 1.29 is 0 Å². The summed E-state index contributed by atoms with van der Waals surface area (Å²) in [6.07, 6.45) is 1.98. The van der Waals surface area contributed by atoms with E-state index in [2.05, 4.69) is 45.1 Å². The summed E-state index contributed by atoms with van der Waals surface area (Å²) in [6, 6.07) is 4.06. The van der Waals surface area contributed by atoms with Crippen molar-refractivity contribution in [2.45, 2.75) is 40.5 Å². The van der Waals surface area contributed by atoms with Crippen LogP contribution in [0.5, 0.6) is 0 Å². The number of rotatable bonds is 5. The molecule has 4 nitrogen and oxygen atoms in total. The first kappa shape index (κ1) is 15.9. The molecular formula is C16H21BrN4. The van der Waals surface area contributed by atoms with E-state index in [1.807, 2.05) is 26.0 Å². The molecule has 2 aromatic rings. The van der Waals surface area contributed by atoms with E-state index in [0.717, 1.165) is 58.1 Å². The van der Waals surface area contributed by atoms with E-state index in [0.29, 0.717) is 0 Å². The van der Waals surface area contributed by atoms with Crippen molar-refractivity contribution in [2.24, 2.45) is 0 Å². The molecule has 2 heterocycles. The first-order valence-corrected chi connectivity index (χ1v) is 8.10. The standard InChI is InChI=1S/C16H21BrN4/c1-5-7-13-14(17)16(18-6-2)21-15(20-13)12-8-10(3)19-11(4)9-12/h8-9H,5-7H2,1-4H3,(H,18,20,21). The van der Waals surface area contributed by atoms with E-state index in [9.17, 15) is 0 Å². The zero-order valence-electron chi connectivity index (χ0n) is 13.0. The van der Waals surface area contributed by atoms with Gasteiger partial charge in [-0.05, 0) is 55.3 Å². The lowest BCUT2D eigenvalue weighted by atomic mass is 10.1. The first-order valence-electron chi connectivity index (χ1n) is 7.31. The SMILES string of the molecule is CCCc1nc(-c2cc(C)nc(C)c2)nc(NCC)c1Br. The van der Waals surface area contributed by atoms with Crippen molar-refractivity contribution in [3.05, 3.63) is 33.7 Å². The Bertz CT molecular complexity index is 593. The molecule has 0 fully saturated rings. The Morgan fingerprint density at radius 3 is 2.29 bits per heavy atom. The first-order chi connectivity index (χ1) is 10.0. The monoisotopic (exact) mass is 348 g/mol. The maximum Gasteiger partial charge on any atom is 0.161 e. The number of anilines is 1. The molecule has 1 N–H and O–H groups in total. The summed E-state index contributed by atoms with van der Waals surface area (Å²) in [6.45, 7) is 9.03. The van der Waals surface area contributed by atoms with Crippen LogP contribution in [0, 0.1) is 13.8 Å². The van der Waals surface area contributed by atoms with Crippen molar-refractivity contribution in [2.75, 3.05) is 11.9 Å². The molecule has 0 radical (unpaired) electrons. The second-order valence-corrected chi connectivity index (χ2v) is 5.87. The minimum absolute atomic E-state index is 0.756. The number of halogens is 1. The molecule has 0 aromatic carbocycles. The summed E-state index contributed by atoms with van der Waals surface area (Å²) < 4.78 is 0.970. The summed E-state index contributed by atoms with van der Waals surface area (Å²) in [5.74, 6) is 1.62. The zero-order valence-corrected chi connectivity index (χ0v) is 14.6. The Morgan fingerprint density at radius 2 is 1.71 bits per heavy atom. The van der Waals surface area contributed by atoms with Crippen LogP contribution in [-0.4, -0.2) is 21.5 Å². The number of aromatic nitrogens is 3. The van der Waals surface area contributed by atoms with Gasteiger partial charge in [-0.1, -0.05) is 13.3 Å². The minimum atomic E-state index is 0.756. The molecule has 0 saturated carbocycles. The highest BCUT2D eigenvalue weighted by atomic mass is 79.9. The third kappa shape index (κ3) is 3.79. The average molecular weight is 349 g/mol. The van der Waals surface area contributed by atoms with Crippen molar-refractivity contribution >= 4 is 21.7 Å². The Kier molecular flexibility index (Phi) is 5.28. The van der Waals surface area contributed by atoms with Gasteiger partial charge in [0.2, 0.25) is 0 Å². The lowest BCUT2D eigenvalue weighted by Gasteiger charge is -2.12. The third-order valence-electron chi connectivity index (χ3n) is 3.09. The molecular weight excluding hydrogens is 328 g/mol. The van der Waals surface area contributed by atoms with Gasteiger partial charge in [-0.25, -0.2) is 9.97 Å². The number of hydrogen-bond acceptors (Lipinski definition) is 4.